The standard InChI is InChI=1S/C19H22O/c20-18(13-15-7-2-1-3-8-15)14-17-11-6-10-16-9-4-5-12-19(16)17/h4-7,9-12,18,20H,1-3,8,13-14H2. The van der Waals surface area contributed by atoms with Gasteiger partial charge in [-0.3, -0.25) is 0 Å². The van der Waals surface area contributed by atoms with Crippen molar-refractivity contribution >= 4 is 10.8 Å². The van der Waals surface area contributed by atoms with Crippen LogP contribution < -0.4 is 0 Å². The quantitative estimate of drug-likeness (QED) is 0.800. The lowest BCUT2D eigenvalue weighted by Crippen LogP contribution is -2.12. The van der Waals surface area contributed by atoms with Gasteiger partial charge in [0.15, 0.2) is 0 Å². The molecule has 3 rings (SSSR count). The van der Waals surface area contributed by atoms with Crippen molar-refractivity contribution in [2.24, 2.45) is 0 Å². The molecule has 1 aliphatic rings. The van der Waals surface area contributed by atoms with E-state index in [-0.39, 0.29) is 6.10 Å². The van der Waals surface area contributed by atoms with Crippen molar-refractivity contribution in [1.82, 2.24) is 0 Å². The van der Waals surface area contributed by atoms with Crippen molar-refractivity contribution in [3.63, 3.8) is 0 Å². The average molecular weight is 266 g/mol. The largest absolute Gasteiger partial charge is 0.392 e. The van der Waals surface area contributed by atoms with E-state index in [1.165, 1.54) is 47.6 Å². The van der Waals surface area contributed by atoms with Gasteiger partial charge in [0.05, 0.1) is 6.10 Å². The lowest BCUT2D eigenvalue weighted by Gasteiger charge is -2.17. The first kappa shape index (κ1) is 13.4. The van der Waals surface area contributed by atoms with E-state index in [9.17, 15) is 5.11 Å². The van der Waals surface area contributed by atoms with Crippen LogP contribution in [0, 0.1) is 0 Å². The molecule has 104 valence electrons. The highest BCUT2D eigenvalue weighted by Gasteiger charge is 2.12. The summed E-state index contributed by atoms with van der Waals surface area (Å²) in [6.45, 7) is 0. The van der Waals surface area contributed by atoms with E-state index in [1.807, 2.05) is 0 Å². The lowest BCUT2D eigenvalue weighted by atomic mass is 9.92. The molecule has 0 bridgehead atoms. The van der Waals surface area contributed by atoms with Gasteiger partial charge in [0.1, 0.15) is 0 Å². The second kappa shape index (κ2) is 6.23. The van der Waals surface area contributed by atoms with Gasteiger partial charge >= 0.3 is 0 Å². The maximum absolute atomic E-state index is 10.4. The Labute approximate surface area is 120 Å². The van der Waals surface area contributed by atoms with E-state index < -0.39 is 0 Å². The minimum Gasteiger partial charge on any atom is -0.392 e. The van der Waals surface area contributed by atoms with Gasteiger partial charge in [0.25, 0.3) is 0 Å². The molecule has 0 spiro atoms. The molecule has 1 nitrogen and oxygen atoms in total. The zero-order valence-electron chi connectivity index (χ0n) is 11.9. The van der Waals surface area contributed by atoms with Gasteiger partial charge in [-0.2, -0.15) is 0 Å². The minimum absolute atomic E-state index is 0.259. The molecular weight excluding hydrogens is 244 g/mol. The molecule has 0 aliphatic heterocycles. The second-order valence-corrected chi connectivity index (χ2v) is 5.81. The molecule has 0 aromatic heterocycles. The SMILES string of the molecule is OC(CC1=CCCCC1)Cc1cccc2ccccc12. The minimum atomic E-state index is -0.259. The Morgan fingerprint density at radius 3 is 2.65 bits per heavy atom. The van der Waals surface area contributed by atoms with Crippen molar-refractivity contribution in [2.45, 2.75) is 44.6 Å². The Morgan fingerprint density at radius 1 is 0.950 bits per heavy atom. The fourth-order valence-electron chi connectivity index (χ4n) is 3.19. The highest BCUT2D eigenvalue weighted by Crippen LogP contribution is 2.24. The summed E-state index contributed by atoms with van der Waals surface area (Å²) < 4.78 is 0. The van der Waals surface area contributed by atoms with Gasteiger partial charge in [0.2, 0.25) is 0 Å². The molecule has 1 aliphatic carbocycles. The predicted octanol–water partition coefficient (Wildman–Crippen LogP) is 4.63. The molecule has 0 saturated heterocycles. The topological polar surface area (TPSA) is 20.2 Å². The summed E-state index contributed by atoms with van der Waals surface area (Å²) in [6.07, 6.45) is 8.61. The summed E-state index contributed by atoms with van der Waals surface area (Å²) in [4.78, 5) is 0. The summed E-state index contributed by atoms with van der Waals surface area (Å²) in [5.74, 6) is 0. The van der Waals surface area contributed by atoms with Crippen molar-refractivity contribution < 1.29 is 5.11 Å². The van der Waals surface area contributed by atoms with Crippen LogP contribution in [0.5, 0.6) is 0 Å². The Bertz CT molecular complexity index is 607. The van der Waals surface area contributed by atoms with Gasteiger partial charge in [-0.25, -0.2) is 0 Å². The maximum atomic E-state index is 10.4. The molecule has 1 N–H and O–H groups in total. The molecule has 2 aromatic carbocycles. The van der Waals surface area contributed by atoms with Crippen LogP contribution >= 0.6 is 0 Å². The zero-order valence-corrected chi connectivity index (χ0v) is 11.9. The molecule has 1 heteroatoms. The van der Waals surface area contributed by atoms with Gasteiger partial charge in [-0.1, -0.05) is 54.1 Å². The van der Waals surface area contributed by atoms with Crippen LogP contribution in [0.25, 0.3) is 10.8 Å². The Hall–Kier alpha value is -1.60. The van der Waals surface area contributed by atoms with Crippen LogP contribution in [0.1, 0.15) is 37.7 Å². The summed E-state index contributed by atoms with van der Waals surface area (Å²) in [5, 5.41) is 12.9. The first-order valence-corrected chi connectivity index (χ1v) is 7.65. The molecule has 20 heavy (non-hydrogen) atoms. The highest BCUT2D eigenvalue weighted by molar-refractivity contribution is 5.85. The van der Waals surface area contributed by atoms with E-state index >= 15 is 0 Å². The smallest absolute Gasteiger partial charge is 0.0617 e. The molecule has 0 radical (unpaired) electrons. The summed E-state index contributed by atoms with van der Waals surface area (Å²) in [7, 11) is 0. The molecule has 0 heterocycles. The molecule has 2 aromatic rings. The van der Waals surface area contributed by atoms with E-state index in [0.29, 0.717) is 0 Å². The summed E-state index contributed by atoms with van der Waals surface area (Å²) in [6, 6.07) is 14.8. The van der Waals surface area contributed by atoms with E-state index in [2.05, 4.69) is 48.5 Å². The normalized spacial score (nSPS) is 16.9. The fourth-order valence-corrected chi connectivity index (χ4v) is 3.19. The van der Waals surface area contributed by atoms with E-state index in [0.717, 1.165) is 12.8 Å². The van der Waals surface area contributed by atoms with Gasteiger partial charge in [-0.15, -0.1) is 0 Å². The molecule has 1 atom stereocenters. The van der Waals surface area contributed by atoms with Crippen LogP contribution in [-0.4, -0.2) is 11.2 Å². The van der Waals surface area contributed by atoms with Crippen LogP contribution in [0.2, 0.25) is 0 Å². The van der Waals surface area contributed by atoms with Crippen molar-refractivity contribution in [3.05, 3.63) is 59.7 Å². The summed E-state index contributed by atoms with van der Waals surface area (Å²) in [5.41, 5.74) is 2.70. The van der Waals surface area contributed by atoms with Crippen LogP contribution in [0.4, 0.5) is 0 Å². The Morgan fingerprint density at radius 2 is 1.80 bits per heavy atom. The molecule has 0 amide bonds. The first-order valence-electron chi connectivity index (χ1n) is 7.65. The number of aliphatic hydroxyl groups is 1. The fraction of sp³-hybridized carbons (Fsp3) is 0.368. The third-order valence-electron chi connectivity index (χ3n) is 4.22. The van der Waals surface area contributed by atoms with Crippen molar-refractivity contribution in [1.29, 1.82) is 0 Å². The number of rotatable bonds is 4. The van der Waals surface area contributed by atoms with Gasteiger partial charge < -0.3 is 5.11 Å². The maximum Gasteiger partial charge on any atom is 0.0617 e. The number of aliphatic hydroxyl groups excluding tert-OH is 1. The number of hydrogen-bond donors (Lipinski definition) is 1. The molecule has 1 unspecified atom stereocenters. The van der Waals surface area contributed by atoms with E-state index in [1.54, 1.807) is 0 Å². The number of allylic oxidation sites excluding steroid dienone is 1. The van der Waals surface area contributed by atoms with Crippen molar-refractivity contribution in [3.8, 4) is 0 Å². The molecular formula is C19H22O. The second-order valence-electron chi connectivity index (χ2n) is 5.81. The number of benzene rings is 2. The van der Waals surface area contributed by atoms with Crippen LogP contribution in [-0.2, 0) is 6.42 Å². The summed E-state index contributed by atoms with van der Waals surface area (Å²) >= 11 is 0. The third-order valence-corrected chi connectivity index (χ3v) is 4.22. The molecule has 0 fully saturated rings. The zero-order chi connectivity index (χ0) is 13.8. The number of hydrogen-bond acceptors (Lipinski definition) is 1. The monoisotopic (exact) mass is 266 g/mol. The van der Waals surface area contributed by atoms with Gasteiger partial charge in [-0.05, 0) is 54.9 Å². The average Bonchev–Trinajstić information content (AvgIpc) is 2.48. The highest BCUT2D eigenvalue weighted by atomic mass is 16.3. The van der Waals surface area contributed by atoms with Gasteiger partial charge in [0, 0.05) is 0 Å². The van der Waals surface area contributed by atoms with Crippen molar-refractivity contribution in [2.75, 3.05) is 0 Å². The number of fused-ring (bicyclic) bond motifs is 1. The van der Waals surface area contributed by atoms with Crippen LogP contribution in [0.3, 0.4) is 0 Å². The predicted molar refractivity (Wildman–Crippen MR) is 84.8 cm³/mol. The Balaban J connectivity index is 1.74. The Kier molecular flexibility index (Phi) is 4.17. The third kappa shape index (κ3) is 3.10. The van der Waals surface area contributed by atoms with E-state index in [4.69, 9.17) is 0 Å². The molecule has 0 saturated carbocycles. The van der Waals surface area contributed by atoms with Crippen LogP contribution in [0.15, 0.2) is 54.1 Å². The first-order chi connectivity index (χ1) is 9.83. The lowest BCUT2D eigenvalue weighted by molar-refractivity contribution is 0.174.